The lowest BCUT2D eigenvalue weighted by Gasteiger charge is -2.29. The molecule has 1 atom stereocenters. The number of nitrogens with zero attached hydrogens (tertiary/aromatic N) is 2. The minimum Gasteiger partial charge on any atom is -0.496 e. The van der Waals surface area contributed by atoms with Crippen molar-refractivity contribution in [2.45, 2.75) is 12.8 Å². The Morgan fingerprint density at radius 1 is 1.50 bits per heavy atom. The van der Waals surface area contributed by atoms with Crippen molar-refractivity contribution in [1.82, 2.24) is 4.90 Å². The van der Waals surface area contributed by atoms with Crippen LogP contribution < -0.4 is 10.1 Å². The fourth-order valence-corrected chi connectivity index (χ4v) is 2.69. The van der Waals surface area contributed by atoms with Crippen molar-refractivity contribution >= 4 is 23.3 Å². The smallest absolute Gasteiger partial charge is 0.307 e. The predicted molar refractivity (Wildman–Crippen MR) is 85.1 cm³/mol. The number of hydrogen-bond acceptors (Lipinski definition) is 6. The number of carbonyl (C=O) groups is 2. The van der Waals surface area contributed by atoms with Gasteiger partial charge in [-0.2, -0.15) is 0 Å². The normalized spacial score (nSPS) is 18.0. The van der Waals surface area contributed by atoms with E-state index in [-0.39, 0.29) is 17.9 Å². The molecule has 0 aliphatic carbocycles. The molecule has 2 N–H and O–H groups in total. The summed E-state index contributed by atoms with van der Waals surface area (Å²) in [5, 5.41) is 22.7. The molecule has 1 fully saturated rings. The highest BCUT2D eigenvalue weighted by Gasteiger charge is 2.27. The molecule has 1 aliphatic rings. The van der Waals surface area contributed by atoms with Gasteiger partial charge in [-0.25, -0.2) is 0 Å². The molecule has 0 spiro atoms. The van der Waals surface area contributed by atoms with Crippen LogP contribution in [0.4, 0.5) is 11.4 Å². The van der Waals surface area contributed by atoms with Crippen LogP contribution in [0.5, 0.6) is 5.75 Å². The SMILES string of the molecule is COc1ccc(NC(=O)CN2CCCC(C(=O)O)C2)c([N+](=O)[O-])c1. The maximum atomic E-state index is 12.1. The van der Waals surface area contributed by atoms with E-state index in [0.717, 1.165) is 0 Å². The van der Waals surface area contributed by atoms with E-state index in [1.807, 2.05) is 0 Å². The van der Waals surface area contributed by atoms with Crippen LogP contribution in [0.3, 0.4) is 0 Å². The molecule has 1 amide bonds. The number of methoxy groups -OCH3 is 1. The van der Waals surface area contributed by atoms with Crippen LogP contribution in [0.15, 0.2) is 18.2 Å². The summed E-state index contributed by atoms with van der Waals surface area (Å²) in [6.07, 6.45) is 1.30. The van der Waals surface area contributed by atoms with Gasteiger partial charge < -0.3 is 15.2 Å². The zero-order valence-corrected chi connectivity index (χ0v) is 13.2. The lowest BCUT2D eigenvalue weighted by atomic mass is 9.98. The monoisotopic (exact) mass is 337 g/mol. The Bertz CT molecular complexity index is 648. The number of amides is 1. The molecule has 1 aromatic rings. The van der Waals surface area contributed by atoms with Crippen molar-refractivity contribution in [3.8, 4) is 5.75 Å². The van der Waals surface area contributed by atoms with Crippen LogP contribution >= 0.6 is 0 Å². The Labute approximate surface area is 138 Å². The highest BCUT2D eigenvalue weighted by atomic mass is 16.6. The second kappa shape index (κ2) is 7.73. The minimum atomic E-state index is -0.870. The number of nitrogens with one attached hydrogen (secondary N) is 1. The molecule has 24 heavy (non-hydrogen) atoms. The molecule has 1 unspecified atom stereocenters. The van der Waals surface area contributed by atoms with Crippen LogP contribution in [0.1, 0.15) is 12.8 Å². The van der Waals surface area contributed by atoms with Crippen LogP contribution in [-0.2, 0) is 9.59 Å². The summed E-state index contributed by atoms with van der Waals surface area (Å²) in [5.41, 5.74) is -0.178. The van der Waals surface area contributed by atoms with Crippen molar-refractivity contribution in [1.29, 1.82) is 0 Å². The maximum Gasteiger partial charge on any atom is 0.307 e. The molecule has 9 nitrogen and oxygen atoms in total. The number of carboxylic acids is 1. The lowest BCUT2D eigenvalue weighted by Crippen LogP contribution is -2.42. The standard InChI is InChI=1S/C15H19N3O6/c1-24-11-4-5-12(13(7-11)18(22)23)16-14(19)9-17-6-2-3-10(8-17)15(20)21/h4-5,7,10H,2-3,6,8-9H2,1H3,(H,16,19)(H,20,21). The molecule has 1 saturated heterocycles. The van der Waals surface area contributed by atoms with Gasteiger partial charge in [0.1, 0.15) is 11.4 Å². The number of benzene rings is 1. The van der Waals surface area contributed by atoms with Gasteiger partial charge in [0, 0.05) is 6.54 Å². The van der Waals surface area contributed by atoms with Crippen molar-refractivity contribution in [2.75, 3.05) is 32.1 Å². The molecule has 0 aromatic heterocycles. The van der Waals surface area contributed by atoms with Gasteiger partial charge in [-0.15, -0.1) is 0 Å². The van der Waals surface area contributed by atoms with Gasteiger partial charge in [0.05, 0.1) is 30.6 Å². The summed E-state index contributed by atoms with van der Waals surface area (Å²) < 4.78 is 4.94. The van der Waals surface area contributed by atoms with Gasteiger partial charge in [-0.1, -0.05) is 0 Å². The summed E-state index contributed by atoms with van der Waals surface area (Å²) >= 11 is 0. The van der Waals surface area contributed by atoms with Gasteiger partial charge in [0.25, 0.3) is 5.69 Å². The first-order valence-corrected chi connectivity index (χ1v) is 7.48. The molecule has 130 valence electrons. The van der Waals surface area contributed by atoms with E-state index in [1.165, 1.54) is 25.3 Å². The van der Waals surface area contributed by atoms with Crippen LogP contribution in [0, 0.1) is 16.0 Å². The number of aliphatic carboxylic acids is 1. The second-order valence-corrected chi connectivity index (χ2v) is 5.60. The quantitative estimate of drug-likeness (QED) is 0.593. The molecular formula is C15H19N3O6. The van der Waals surface area contributed by atoms with Gasteiger partial charge in [-0.3, -0.25) is 24.6 Å². The Hall–Kier alpha value is -2.68. The average Bonchev–Trinajstić information content (AvgIpc) is 2.55. The molecule has 0 radical (unpaired) electrons. The van der Waals surface area contributed by atoms with Crippen molar-refractivity contribution in [2.24, 2.45) is 5.92 Å². The van der Waals surface area contributed by atoms with Crippen LogP contribution in [-0.4, -0.2) is 53.6 Å². The van der Waals surface area contributed by atoms with E-state index in [1.54, 1.807) is 4.90 Å². The maximum absolute atomic E-state index is 12.1. The van der Waals surface area contributed by atoms with Gasteiger partial charge in [0.15, 0.2) is 0 Å². The highest BCUT2D eigenvalue weighted by Crippen LogP contribution is 2.29. The molecule has 0 saturated carbocycles. The zero-order valence-electron chi connectivity index (χ0n) is 13.2. The molecule has 0 bridgehead atoms. The van der Waals surface area contributed by atoms with Gasteiger partial charge in [-0.05, 0) is 31.5 Å². The van der Waals surface area contributed by atoms with Crippen molar-refractivity contribution in [3.05, 3.63) is 28.3 Å². The third kappa shape index (κ3) is 4.42. The largest absolute Gasteiger partial charge is 0.496 e. The van der Waals surface area contributed by atoms with E-state index in [2.05, 4.69) is 5.32 Å². The Morgan fingerprint density at radius 2 is 2.25 bits per heavy atom. The summed E-state index contributed by atoms with van der Waals surface area (Å²) in [4.78, 5) is 35.4. The number of nitro benzene ring substituents is 1. The summed E-state index contributed by atoms with van der Waals surface area (Å²) in [6, 6.07) is 4.16. The number of ether oxygens (including phenoxy) is 1. The van der Waals surface area contributed by atoms with E-state index in [4.69, 9.17) is 9.84 Å². The summed E-state index contributed by atoms with van der Waals surface area (Å²) in [5.74, 6) is -1.46. The second-order valence-electron chi connectivity index (χ2n) is 5.60. The Kier molecular flexibility index (Phi) is 5.69. The van der Waals surface area contributed by atoms with E-state index < -0.39 is 22.7 Å². The minimum absolute atomic E-state index is 0.00698. The van der Waals surface area contributed by atoms with Gasteiger partial charge >= 0.3 is 5.97 Å². The number of anilines is 1. The number of nitro groups is 1. The first-order valence-electron chi connectivity index (χ1n) is 7.48. The van der Waals surface area contributed by atoms with Crippen molar-refractivity contribution in [3.63, 3.8) is 0 Å². The lowest BCUT2D eigenvalue weighted by molar-refractivity contribution is -0.384. The van der Waals surface area contributed by atoms with Crippen LogP contribution in [0.25, 0.3) is 0 Å². The highest BCUT2D eigenvalue weighted by molar-refractivity contribution is 5.94. The number of carboxylic acid groups (broad SMARTS) is 1. The molecular weight excluding hydrogens is 318 g/mol. The Morgan fingerprint density at radius 3 is 2.88 bits per heavy atom. The molecule has 9 heteroatoms. The first-order chi connectivity index (χ1) is 11.4. The molecule has 1 heterocycles. The first kappa shape index (κ1) is 17.7. The third-order valence-electron chi connectivity index (χ3n) is 3.90. The van der Waals surface area contributed by atoms with Gasteiger partial charge in [0.2, 0.25) is 5.91 Å². The summed E-state index contributed by atoms with van der Waals surface area (Å²) in [7, 11) is 1.40. The number of piperidine rings is 1. The van der Waals surface area contributed by atoms with E-state index in [0.29, 0.717) is 31.7 Å². The van der Waals surface area contributed by atoms with E-state index >= 15 is 0 Å². The van der Waals surface area contributed by atoms with Crippen molar-refractivity contribution < 1.29 is 24.4 Å². The van der Waals surface area contributed by atoms with Crippen LogP contribution in [0.2, 0.25) is 0 Å². The topological polar surface area (TPSA) is 122 Å². The number of rotatable bonds is 6. The fraction of sp³-hybridized carbons (Fsp3) is 0.467. The predicted octanol–water partition coefficient (Wildman–Crippen LogP) is 1.34. The third-order valence-corrected chi connectivity index (χ3v) is 3.90. The number of likely N-dealkylation sites (tertiary alicyclic amines) is 1. The Balaban J connectivity index is 2.02. The summed E-state index contributed by atoms with van der Waals surface area (Å²) in [6.45, 7) is 0.919. The molecule has 2 rings (SSSR count). The average molecular weight is 337 g/mol. The number of carbonyl (C=O) groups excluding carboxylic acids is 1. The van der Waals surface area contributed by atoms with E-state index in [9.17, 15) is 19.7 Å². The zero-order chi connectivity index (χ0) is 17.7. The molecule has 1 aliphatic heterocycles. The fourth-order valence-electron chi connectivity index (χ4n) is 2.69. The molecule has 1 aromatic carbocycles. The number of hydrogen-bond donors (Lipinski definition) is 2.